The van der Waals surface area contributed by atoms with Crippen molar-refractivity contribution in [1.29, 1.82) is 0 Å². The lowest BCUT2D eigenvalue weighted by Crippen LogP contribution is -2.43. The number of thioether (sulfide) groups is 1. The summed E-state index contributed by atoms with van der Waals surface area (Å²) in [5.74, 6) is -3.21. The van der Waals surface area contributed by atoms with E-state index in [0.29, 0.717) is 46.7 Å². The van der Waals surface area contributed by atoms with Crippen LogP contribution in [0.2, 0.25) is 0 Å². The number of urea groups is 1. The highest BCUT2D eigenvalue weighted by atomic mass is 32.2. The van der Waals surface area contributed by atoms with Crippen LogP contribution in [0.15, 0.2) is 34.3 Å². The Morgan fingerprint density at radius 3 is 2.61 bits per heavy atom. The molecular weight excluding hydrogens is 470 g/mol. The van der Waals surface area contributed by atoms with Crippen molar-refractivity contribution in [3.8, 4) is 0 Å². The van der Waals surface area contributed by atoms with Crippen molar-refractivity contribution in [1.82, 2.24) is 19.4 Å². The molecule has 0 bridgehead atoms. The summed E-state index contributed by atoms with van der Waals surface area (Å²) < 4.78 is 6.63. The van der Waals surface area contributed by atoms with E-state index in [9.17, 15) is 24.0 Å². The minimum atomic E-state index is -1.13. The number of ether oxygens (including phenoxy) is 1. The molecule has 2 aromatic rings. The van der Waals surface area contributed by atoms with Gasteiger partial charge < -0.3 is 15.4 Å². The summed E-state index contributed by atoms with van der Waals surface area (Å²) in [6.07, 6.45) is 3.14. The minimum Gasteiger partial charge on any atom is -0.378 e. The first-order valence-electron chi connectivity index (χ1n) is 10.2. The lowest BCUT2D eigenvalue weighted by molar-refractivity contribution is -0.137. The number of rotatable bonds is 3. The van der Waals surface area contributed by atoms with E-state index in [1.54, 1.807) is 29.4 Å². The summed E-state index contributed by atoms with van der Waals surface area (Å²) in [4.78, 5) is 70.1. The largest absolute Gasteiger partial charge is 0.378 e. The highest BCUT2D eigenvalue weighted by Gasteiger charge is 2.58. The number of amides is 5. The molecule has 33 heavy (non-hydrogen) atoms. The zero-order valence-electron chi connectivity index (χ0n) is 17.2. The van der Waals surface area contributed by atoms with Gasteiger partial charge in [-0.05, 0) is 11.6 Å². The fourth-order valence-corrected chi connectivity index (χ4v) is 7.21. The molecule has 2 aromatic heterocycles. The third-order valence-electron chi connectivity index (χ3n) is 5.97. The Bertz CT molecular complexity index is 1210. The molecule has 11 nitrogen and oxygen atoms in total. The second kappa shape index (κ2) is 8.39. The molecule has 5 rings (SSSR count). The Morgan fingerprint density at radius 2 is 1.94 bits per heavy atom. The fourth-order valence-electron chi connectivity index (χ4n) is 4.44. The van der Waals surface area contributed by atoms with E-state index in [1.165, 1.54) is 4.57 Å². The van der Waals surface area contributed by atoms with E-state index in [1.807, 2.05) is 0 Å². The van der Waals surface area contributed by atoms with Gasteiger partial charge in [-0.25, -0.2) is 4.79 Å². The van der Waals surface area contributed by atoms with Crippen molar-refractivity contribution >= 4 is 46.9 Å². The number of carbonyl (C=O) groups excluding carboxylic acids is 4. The predicted octanol–water partition coefficient (Wildman–Crippen LogP) is -0.166. The monoisotopic (exact) mass is 489 g/mol. The van der Waals surface area contributed by atoms with Crippen LogP contribution in [0.4, 0.5) is 4.79 Å². The highest BCUT2D eigenvalue weighted by Crippen LogP contribution is 2.53. The van der Waals surface area contributed by atoms with Crippen LogP contribution in [-0.4, -0.2) is 74.7 Å². The van der Waals surface area contributed by atoms with Gasteiger partial charge in [0.05, 0.1) is 24.2 Å². The second-order valence-electron chi connectivity index (χ2n) is 7.80. The number of pyridine rings is 1. The zero-order chi connectivity index (χ0) is 23.3. The number of aromatic nitrogens is 2. The number of likely N-dealkylation sites (tertiary alicyclic amines) is 1. The van der Waals surface area contributed by atoms with Crippen molar-refractivity contribution < 1.29 is 23.9 Å². The molecule has 0 saturated carbocycles. The van der Waals surface area contributed by atoms with Gasteiger partial charge >= 0.3 is 10.9 Å². The Morgan fingerprint density at radius 1 is 1.18 bits per heavy atom. The smallest absolute Gasteiger partial charge is 0.328 e. The molecule has 3 aliphatic rings. The standard InChI is InChI=1S/C20H19N5O6S2/c21-19(29)25-16(27)13-12(10-2-1-3-22-8-10)15-18(32-14(13)17(25)28)24(20(30)33-15)9-11(26)23-4-6-31-7-5-23/h1-3,8,12-14H,4-7,9H2,(H2,21,29)/t12-,13+,14-/m0/s1. The topological polar surface area (TPSA) is 145 Å². The molecular formula is C20H19N5O6S2. The van der Waals surface area contributed by atoms with Gasteiger partial charge in [-0.15, -0.1) is 0 Å². The van der Waals surface area contributed by atoms with Crippen molar-refractivity contribution in [2.75, 3.05) is 26.3 Å². The van der Waals surface area contributed by atoms with Gasteiger partial charge in [0.1, 0.15) is 11.8 Å². The lowest BCUT2D eigenvalue weighted by Gasteiger charge is -2.31. The van der Waals surface area contributed by atoms with Crippen molar-refractivity contribution in [3.05, 3.63) is 44.6 Å². The molecule has 172 valence electrons. The fraction of sp³-hybridized carbons (Fsp3) is 0.400. The van der Waals surface area contributed by atoms with Crippen LogP contribution in [0.1, 0.15) is 16.4 Å². The van der Waals surface area contributed by atoms with E-state index < -0.39 is 34.9 Å². The maximum Gasteiger partial charge on any atom is 0.328 e. The maximum absolute atomic E-state index is 13.1. The van der Waals surface area contributed by atoms with E-state index in [4.69, 9.17) is 10.5 Å². The van der Waals surface area contributed by atoms with E-state index in [0.717, 1.165) is 23.1 Å². The summed E-state index contributed by atoms with van der Waals surface area (Å²) in [5.41, 5.74) is 5.94. The molecule has 5 amide bonds. The molecule has 0 aromatic carbocycles. The summed E-state index contributed by atoms with van der Waals surface area (Å²) in [7, 11) is 0. The molecule has 2 saturated heterocycles. The number of imide groups is 3. The molecule has 2 fully saturated rings. The third kappa shape index (κ3) is 3.56. The molecule has 0 unspecified atom stereocenters. The Balaban J connectivity index is 1.58. The van der Waals surface area contributed by atoms with Crippen molar-refractivity contribution in [2.45, 2.75) is 22.7 Å². The number of fused-ring (bicyclic) bond motifs is 2. The predicted molar refractivity (Wildman–Crippen MR) is 117 cm³/mol. The number of thiazole rings is 1. The minimum absolute atomic E-state index is 0.184. The van der Waals surface area contributed by atoms with Gasteiger partial charge in [0.2, 0.25) is 11.8 Å². The first kappa shape index (κ1) is 21.8. The Labute approximate surface area is 195 Å². The molecule has 3 atom stereocenters. The maximum atomic E-state index is 13.1. The van der Waals surface area contributed by atoms with Crippen LogP contribution in [0.5, 0.6) is 0 Å². The molecule has 0 radical (unpaired) electrons. The van der Waals surface area contributed by atoms with Crippen LogP contribution >= 0.6 is 23.1 Å². The molecule has 3 aliphatic heterocycles. The van der Waals surface area contributed by atoms with Crippen LogP contribution < -0.4 is 10.6 Å². The summed E-state index contributed by atoms with van der Waals surface area (Å²) >= 11 is 1.97. The van der Waals surface area contributed by atoms with Gasteiger partial charge in [0.25, 0.3) is 5.91 Å². The number of nitrogens with zero attached hydrogens (tertiary/aromatic N) is 4. The first-order chi connectivity index (χ1) is 15.9. The molecule has 13 heteroatoms. The van der Waals surface area contributed by atoms with E-state index >= 15 is 0 Å². The first-order valence-corrected chi connectivity index (χ1v) is 11.9. The molecule has 2 N–H and O–H groups in total. The number of morpholine rings is 1. The molecule has 0 aliphatic carbocycles. The van der Waals surface area contributed by atoms with Gasteiger partial charge in [-0.1, -0.05) is 29.2 Å². The molecule has 5 heterocycles. The van der Waals surface area contributed by atoms with Crippen molar-refractivity contribution in [2.24, 2.45) is 11.7 Å². The van der Waals surface area contributed by atoms with Crippen LogP contribution in [0, 0.1) is 5.92 Å². The van der Waals surface area contributed by atoms with Crippen molar-refractivity contribution in [3.63, 3.8) is 0 Å². The van der Waals surface area contributed by atoms with Gasteiger partial charge in [0.15, 0.2) is 0 Å². The van der Waals surface area contributed by atoms with Crippen LogP contribution in [0.3, 0.4) is 0 Å². The number of primary amides is 1. The highest BCUT2D eigenvalue weighted by molar-refractivity contribution is 8.00. The Kier molecular flexibility index (Phi) is 5.54. The van der Waals surface area contributed by atoms with E-state index in [-0.39, 0.29) is 17.3 Å². The Hall–Kier alpha value is -3.03. The third-order valence-corrected chi connectivity index (χ3v) is 8.57. The average Bonchev–Trinajstić information content (AvgIpc) is 3.26. The van der Waals surface area contributed by atoms with E-state index in [2.05, 4.69) is 4.98 Å². The number of carbonyl (C=O) groups is 4. The number of nitrogens with two attached hydrogens (primary N) is 1. The van der Waals surface area contributed by atoms with Gasteiger partial charge in [0, 0.05) is 36.3 Å². The second-order valence-corrected chi connectivity index (χ2v) is 9.92. The summed E-state index contributed by atoms with van der Waals surface area (Å²) in [6.45, 7) is 1.57. The summed E-state index contributed by atoms with van der Waals surface area (Å²) in [6, 6.07) is 2.32. The molecule has 0 spiro atoms. The number of hydrogen-bond acceptors (Lipinski definition) is 9. The van der Waals surface area contributed by atoms with Gasteiger partial charge in [-0.3, -0.25) is 28.7 Å². The zero-order valence-corrected chi connectivity index (χ0v) is 18.8. The normalized spacial score (nSPS) is 24.5. The summed E-state index contributed by atoms with van der Waals surface area (Å²) in [5, 5.41) is -0.490. The van der Waals surface area contributed by atoms with Crippen LogP contribution in [-0.2, 0) is 25.7 Å². The average molecular weight is 490 g/mol. The number of hydrogen-bond donors (Lipinski definition) is 1. The quantitative estimate of drug-likeness (QED) is 0.585. The SMILES string of the molecule is NC(=O)N1C(=O)[C@@H]2[C@H](c3cccnc3)c3sc(=O)n(CC(=O)N4CCOCC4)c3S[C@@H]2C1=O. The van der Waals surface area contributed by atoms with Gasteiger partial charge in [-0.2, -0.15) is 4.90 Å². The van der Waals surface area contributed by atoms with Crippen LogP contribution in [0.25, 0.3) is 0 Å². The lowest BCUT2D eigenvalue weighted by atomic mass is 9.84.